The van der Waals surface area contributed by atoms with Crippen molar-refractivity contribution in [3.05, 3.63) is 23.8 Å². The Bertz CT molecular complexity index is 477. The van der Waals surface area contributed by atoms with Gasteiger partial charge in [-0.05, 0) is 25.2 Å². The van der Waals surface area contributed by atoms with E-state index in [1.807, 2.05) is 0 Å². The van der Waals surface area contributed by atoms with Gasteiger partial charge >= 0.3 is 0 Å². The Morgan fingerprint density at radius 3 is 3.28 bits per heavy atom. The molecule has 1 aromatic rings. The molecule has 1 aromatic heterocycles. The molecule has 5 nitrogen and oxygen atoms in total. The van der Waals surface area contributed by atoms with Crippen molar-refractivity contribution in [3.8, 4) is 0 Å². The molecule has 0 saturated carbocycles. The lowest BCUT2D eigenvalue weighted by Crippen LogP contribution is -2.26. The predicted octanol–water partition coefficient (Wildman–Crippen LogP) is 1.20. The van der Waals surface area contributed by atoms with E-state index < -0.39 is 0 Å². The molecule has 5 heteroatoms. The second-order valence-corrected chi connectivity index (χ2v) is 5.03. The van der Waals surface area contributed by atoms with Crippen molar-refractivity contribution in [1.82, 2.24) is 20.1 Å². The average molecular weight is 246 g/mol. The van der Waals surface area contributed by atoms with Crippen molar-refractivity contribution in [2.24, 2.45) is 5.92 Å². The Morgan fingerprint density at radius 2 is 2.44 bits per heavy atom. The number of allylic oxidation sites excluding steroid dienone is 2. The Hall–Kier alpha value is -1.65. The fraction of sp³-hybridized carbons (Fsp3) is 0.615. The highest BCUT2D eigenvalue weighted by Crippen LogP contribution is 2.20. The number of aryl methyl sites for hydroxylation is 1. The van der Waals surface area contributed by atoms with Crippen LogP contribution in [0.25, 0.3) is 0 Å². The van der Waals surface area contributed by atoms with Gasteiger partial charge in [0.25, 0.3) is 0 Å². The molecule has 0 saturated heterocycles. The molecule has 1 unspecified atom stereocenters. The number of nitrogens with zero attached hydrogens (tertiary/aromatic N) is 3. The quantitative estimate of drug-likeness (QED) is 0.812. The molecule has 96 valence electrons. The first kappa shape index (κ1) is 11.4. The first-order valence-electron chi connectivity index (χ1n) is 6.67. The molecule has 1 aliphatic carbocycles. The zero-order chi connectivity index (χ0) is 12.4. The molecule has 18 heavy (non-hydrogen) atoms. The van der Waals surface area contributed by atoms with Gasteiger partial charge in [-0.15, -0.1) is 10.2 Å². The van der Waals surface area contributed by atoms with E-state index in [0.717, 1.165) is 43.9 Å². The van der Waals surface area contributed by atoms with Crippen LogP contribution in [-0.2, 0) is 24.3 Å². The zero-order valence-electron chi connectivity index (χ0n) is 10.4. The molecule has 0 spiro atoms. The van der Waals surface area contributed by atoms with Crippen molar-refractivity contribution < 1.29 is 4.79 Å². The number of amides is 1. The summed E-state index contributed by atoms with van der Waals surface area (Å²) in [4.78, 5) is 11.8. The van der Waals surface area contributed by atoms with Crippen LogP contribution in [0.4, 0.5) is 0 Å². The van der Waals surface area contributed by atoms with Crippen molar-refractivity contribution in [1.29, 1.82) is 0 Å². The smallest absolute Gasteiger partial charge is 0.220 e. The third-order valence-electron chi connectivity index (χ3n) is 3.69. The van der Waals surface area contributed by atoms with Gasteiger partial charge in [0.05, 0.1) is 6.54 Å². The standard InChI is InChI=1S/C13H18N4O/c18-13(8-10-4-1-2-5-10)14-9-12-16-15-11-6-3-7-17(11)12/h1,4,10H,2-3,5-9H2,(H,14,18). The molecule has 0 bridgehead atoms. The second kappa shape index (κ2) is 4.92. The van der Waals surface area contributed by atoms with Crippen LogP contribution in [0.15, 0.2) is 12.2 Å². The second-order valence-electron chi connectivity index (χ2n) is 5.03. The SMILES string of the molecule is O=C(CC1C=CCC1)NCc1nnc2n1CCC2. The topological polar surface area (TPSA) is 59.8 Å². The van der Waals surface area contributed by atoms with Gasteiger partial charge in [0.2, 0.25) is 5.91 Å². The minimum absolute atomic E-state index is 0.113. The van der Waals surface area contributed by atoms with E-state index in [2.05, 4.69) is 32.2 Å². The van der Waals surface area contributed by atoms with Crippen LogP contribution in [0.2, 0.25) is 0 Å². The average Bonchev–Trinajstić information content (AvgIpc) is 3.03. The van der Waals surface area contributed by atoms with Crippen LogP contribution in [-0.4, -0.2) is 20.7 Å². The summed E-state index contributed by atoms with van der Waals surface area (Å²) in [6, 6.07) is 0. The first-order valence-corrected chi connectivity index (χ1v) is 6.67. The lowest BCUT2D eigenvalue weighted by molar-refractivity contribution is -0.121. The maximum atomic E-state index is 11.8. The van der Waals surface area contributed by atoms with Crippen molar-refractivity contribution in [2.45, 2.75) is 45.2 Å². The van der Waals surface area contributed by atoms with Crippen LogP contribution in [0.3, 0.4) is 0 Å². The normalized spacial score (nSPS) is 21.2. The lowest BCUT2D eigenvalue weighted by Gasteiger charge is -2.08. The molecule has 0 fully saturated rings. The van der Waals surface area contributed by atoms with E-state index in [-0.39, 0.29) is 5.91 Å². The summed E-state index contributed by atoms with van der Waals surface area (Å²) in [5.74, 6) is 2.48. The van der Waals surface area contributed by atoms with Gasteiger partial charge in [-0.25, -0.2) is 0 Å². The minimum Gasteiger partial charge on any atom is -0.349 e. The van der Waals surface area contributed by atoms with Crippen molar-refractivity contribution in [2.75, 3.05) is 0 Å². The van der Waals surface area contributed by atoms with E-state index in [9.17, 15) is 4.79 Å². The molecule has 0 aromatic carbocycles. The van der Waals surface area contributed by atoms with E-state index >= 15 is 0 Å². The third-order valence-corrected chi connectivity index (χ3v) is 3.69. The predicted molar refractivity (Wildman–Crippen MR) is 66.7 cm³/mol. The number of hydrogen-bond donors (Lipinski definition) is 1. The summed E-state index contributed by atoms with van der Waals surface area (Å²) in [6.45, 7) is 1.49. The number of nitrogens with one attached hydrogen (secondary N) is 1. The number of carbonyl (C=O) groups is 1. The van der Waals surface area contributed by atoms with Crippen LogP contribution in [0, 0.1) is 5.92 Å². The molecular formula is C13H18N4O. The Kier molecular flexibility index (Phi) is 3.13. The first-order chi connectivity index (χ1) is 8.83. The van der Waals surface area contributed by atoms with Crippen LogP contribution in [0.5, 0.6) is 0 Å². The van der Waals surface area contributed by atoms with Gasteiger partial charge < -0.3 is 9.88 Å². The number of carbonyl (C=O) groups excluding carboxylic acids is 1. The van der Waals surface area contributed by atoms with Crippen molar-refractivity contribution in [3.63, 3.8) is 0 Å². The molecule has 2 heterocycles. The summed E-state index contributed by atoms with van der Waals surface area (Å²) in [7, 11) is 0. The largest absolute Gasteiger partial charge is 0.349 e. The fourth-order valence-corrected chi connectivity index (χ4v) is 2.69. The highest BCUT2D eigenvalue weighted by atomic mass is 16.1. The molecule has 1 atom stereocenters. The van der Waals surface area contributed by atoms with Gasteiger partial charge in [0, 0.05) is 19.4 Å². The maximum Gasteiger partial charge on any atom is 0.220 e. The zero-order valence-corrected chi connectivity index (χ0v) is 10.4. The molecule has 2 aliphatic rings. The number of hydrogen-bond acceptors (Lipinski definition) is 3. The molecule has 1 aliphatic heterocycles. The van der Waals surface area contributed by atoms with E-state index in [4.69, 9.17) is 0 Å². The Morgan fingerprint density at radius 1 is 1.50 bits per heavy atom. The van der Waals surface area contributed by atoms with Gasteiger partial charge in [-0.2, -0.15) is 0 Å². The molecular weight excluding hydrogens is 228 g/mol. The van der Waals surface area contributed by atoms with Gasteiger partial charge in [0.15, 0.2) is 5.82 Å². The molecule has 1 N–H and O–H groups in total. The molecule has 1 amide bonds. The summed E-state index contributed by atoms with van der Waals surface area (Å²) < 4.78 is 2.12. The molecule has 3 rings (SSSR count). The van der Waals surface area contributed by atoms with Crippen LogP contribution in [0.1, 0.15) is 37.3 Å². The van der Waals surface area contributed by atoms with Gasteiger partial charge in [0.1, 0.15) is 5.82 Å². The van der Waals surface area contributed by atoms with Crippen LogP contribution < -0.4 is 5.32 Å². The highest BCUT2D eigenvalue weighted by molar-refractivity contribution is 5.76. The Labute approximate surface area is 106 Å². The van der Waals surface area contributed by atoms with E-state index in [0.29, 0.717) is 18.9 Å². The molecule has 0 radical (unpaired) electrons. The summed E-state index contributed by atoms with van der Waals surface area (Å²) >= 11 is 0. The van der Waals surface area contributed by atoms with E-state index in [1.165, 1.54) is 0 Å². The summed E-state index contributed by atoms with van der Waals surface area (Å²) in [5.41, 5.74) is 0. The number of aromatic nitrogens is 3. The van der Waals surface area contributed by atoms with Gasteiger partial charge in [-0.3, -0.25) is 4.79 Å². The lowest BCUT2D eigenvalue weighted by atomic mass is 10.1. The Balaban J connectivity index is 1.51. The highest BCUT2D eigenvalue weighted by Gasteiger charge is 2.18. The fourth-order valence-electron chi connectivity index (χ4n) is 2.69. The maximum absolute atomic E-state index is 11.8. The summed E-state index contributed by atoms with van der Waals surface area (Å²) in [5, 5.41) is 11.2. The van der Waals surface area contributed by atoms with Crippen LogP contribution >= 0.6 is 0 Å². The minimum atomic E-state index is 0.113. The monoisotopic (exact) mass is 246 g/mol. The van der Waals surface area contributed by atoms with Crippen molar-refractivity contribution >= 4 is 5.91 Å². The van der Waals surface area contributed by atoms with E-state index in [1.54, 1.807) is 0 Å². The summed E-state index contributed by atoms with van der Waals surface area (Å²) in [6.07, 6.45) is 9.26. The third kappa shape index (κ3) is 2.30. The number of rotatable bonds is 4. The van der Waals surface area contributed by atoms with Gasteiger partial charge in [-0.1, -0.05) is 12.2 Å². The number of fused-ring (bicyclic) bond motifs is 1.